The molecule has 1 heterocycles. The summed E-state index contributed by atoms with van der Waals surface area (Å²) in [7, 11) is 0. The van der Waals surface area contributed by atoms with Crippen LogP contribution in [0, 0.1) is 5.82 Å². The van der Waals surface area contributed by atoms with Crippen molar-refractivity contribution in [3.05, 3.63) is 34.1 Å². The molecule has 1 N–H and O–H groups in total. The van der Waals surface area contributed by atoms with E-state index in [4.69, 9.17) is 4.74 Å². The lowest BCUT2D eigenvalue weighted by Gasteiger charge is -2.32. The van der Waals surface area contributed by atoms with Crippen LogP contribution in [0.25, 0.3) is 0 Å². The van der Waals surface area contributed by atoms with Crippen LogP contribution in [0.3, 0.4) is 0 Å². The van der Waals surface area contributed by atoms with Crippen LogP contribution in [0.4, 0.5) is 4.39 Å². The molecule has 0 aliphatic carbocycles. The third-order valence-corrected chi connectivity index (χ3v) is 3.74. The first-order valence-electron chi connectivity index (χ1n) is 5.34. The molecule has 1 aromatic rings. The second kappa shape index (κ2) is 4.82. The predicted molar refractivity (Wildman–Crippen MR) is 62.8 cm³/mol. The fraction of sp³-hybridized carbons (Fsp3) is 0.500. The highest BCUT2D eigenvalue weighted by Crippen LogP contribution is 2.28. The molecule has 0 bridgehead atoms. The Morgan fingerprint density at radius 3 is 3.00 bits per heavy atom. The summed E-state index contributed by atoms with van der Waals surface area (Å²) in [5.41, 5.74) is -0.0674. The lowest BCUT2D eigenvalue weighted by molar-refractivity contribution is -0.0846. The van der Waals surface area contributed by atoms with Crippen LogP contribution in [0.2, 0.25) is 0 Å². The number of ether oxygens (including phenoxy) is 1. The number of hydrogen-bond donors (Lipinski definition) is 1. The van der Waals surface area contributed by atoms with Crippen molar-refractivity contribution >= 4 is 15.9 Å². The Bertz CT molecular complexity index is 375. The van der Waals surface area contributed by atoms with Gasteiger partial charge in [-0.05, 0) is 40.4 Å². The van der Waals surface area contributed by atoms with E-state index < -0.39 is 5.60 Å². The van der Waals surface area contributed by atoms with Gasteiger partial charge in [0.1, 0.15) is 5.82 Å². The van der Waals surface area contributed by atoms with Crippen molar-refractivity contribution in [2.24, 2.45) is 0 Å². The van der Waals surface area contributed by atoms with Crippen molar-refractivity contribution in [2.45, 2.75) is 24.9 Å². The van der Waals surface area contributed by atoms with E-state index in [2.05, 4.69) is 15.9 Å². The molecule has 0 radical (unpaired) electrons. The number of hydrogen-bond acceptors (Lipinski definition) is 2. The van der Waals surface area contributed by atoms with E-state index >= 15 is 0 Å². The molecule has 1 aliphatic heterocycles. The van der Waals surface area contributed by atoms with Crippen molar-refractivity contribution in [3.63, 3.8) is 0 Å². The molecule has 1 fully saturated rings. The van der Waals surface area contributed by atoms with Gasteiger partial charge in [-0.25, -0.2) is 4.39 Å². The first kappa shape index (κ1) is 12.0. The smallest absolute Gasteiger partial charge is 0.137 e. The average Bonchev–Trinajstić information content (AvgIpc) is 2.26. The molecule has 16 heavy (non-hydrogen) atoms. The summed E-state index contributed by atoms with van der Waals surface area (Å²) in [5, 5.41) is 10.3. The Morgan fingerprint density at radius 2 is 2.31 bits per heavy atom. The quantitative estimate of drug-likeness (QED) is 0.907. The Morgan fingerprint density at radius 1 is 1.50 bits per heavy atom. The normalized spacial score (nSPS) is 25.7. The van der Waals surface area contributed by atoms with E-state index in [0.717, 1.165) is 12.0 Å². The highest BCUT2D eigenvalue weighted by atomic mass is 79.9. The topological polar surface area (TPSA) is 29.5 Å². The van der Waals surface area contributed by atoms with Gasteiger partial charge < -0.3 is 9.84 Å². The summed E-state index contributed by atoms with van der Waals surface area (Å²) < 4.78 is 19.0. The van der Waals surface area contributed by atoms with Crippen LogP contribution in [0.15, 0.2) is 22.7 Å². The Hall–Kier alpha value is -0.450. The molecule has 4 heteroatoms. The molecule has 2 rings (SSSR count). The minimum Gasteiger partial charge on any atom is -0.387 e. The van der Waals surface area contributed by atoms with Gasteiger partial charge in [-0.15, -0.1) is 0 Å². The van der Waals surface area contributed by atoms with Crippen LogP contribution >= 0.6 is 15.9 Å². The highest BCUT2D eigenvalue weighted by molar-refractivity contribution is 9.10. The van der Waals surface area contributed by atoms with Crippen molar-refractivity contribution in [1.29, 1.82) is 0 Å². The minimum absolute atomic E-state index is 0.294. The lowest BCUT2D eigenvalue weighted by atomic mass is 9.89. The third-order valence-electron chi connectivity index (χ3n) is 2.85. The van der Waals surface area contributed by atoms with Crippen LogP contribution < -0.4 is 0 Å². The maximum atomic E-state index is 13.3. The van der Waals surface area contributed by atoms with E-state index in [1.807, 2.05) is 6.07 Å². The summed E-state index contributed by atoms with van der Waals surface area (Å²) in [6, 6.07) is 4.87. The summed E-state index contributed by atoms with van der Waals surface area (Å²) in [5.74, 6) is -0.294. The summed E-state index contributed by atoms with van der Waals surface area (Å²) in [6.45, 7) is 1.03. The molecule has 88 valence electrons. The second-order valence-corrected chi connectivity index (χ2v) is 5.06. The molecule has 1 unspecified atom stereocenters. The van der Waals surface area contributed by atoms with Crippen LogP contribution in [-0.2, 0) is 11.2 Å². The van der Waals surface area contributed by atoms with Crippen molar-refractivity contribution in [1.82, 2.24) is 0 Å². The van der Waals surface area contributed by atoms with Gasteiger partial charge in [0.2, 0.25) is 0 Å². The molecule has 1 atom stereocenters. The van der Waals surface area contributed by atoms with Gasteiger partial charge >= 0.3 is 0 Å². The minimum atomic E-state index is -0.853. The van der Waals surface area contributed by atoms with Crippen molar-refractivity contribution in [3.8, 4) is 0 Å². The fourth-order valence-electron chi connectivity index (χ4n) is 2.02. The van der Waals surface area contributed by atoms with Gasteiger partial charge in [-0.3, -0.25) is 0 Å². The predicted octanol–water partition coefficient (Wildman–Crippen LogP) is 2.67. The molecule has 0 aromatic heterocycles. The maximum Gasteiger partial charge on any atom is 0.137 e. The molecule has 1 aliphatic rings. The zero-order valence-electron chi connectivity index (χ0n) is 8.88. The van der Waals surface area contributed by atoms with Gasteiger partial charge in [-0.2, -0.15) is 0 Å². The van der Waals surface area contributed by atoms with E-state index in [9.17, 15) is 9.50 Å². The summed E-state index contributed by atoms with van der Waals surface area (Å²) in [6.07, 6.45) is 1.98. The molecular weight excluding hydrogens is 275 g/mol. The number of aliphatic hydroxyl groups is 1. The molecule has 1 saturated heterocycles. The average molecular weight is 289 g/mol. The molecule has 0 saturated carbocycles. The van der Waals surface area contributed by atoms with Gasteiger partial charge in [0.05, 0.1) is 16.7 Å². The van der Waals surface area contributed by atoms with E-state index in [0.29, 0.717) is 30.5 Å². The number of benzene rings is 1. The maximum absolute atomic E-state index is 13.3. The summed E-state index contributed by atoms with van der Waals surface area (Å²) >= 11 is 3.20. The molecule has 0 spiro atoms. The van der Waals surface area contributed by atoms with Crippen LogP contribution in [0.1, 0.15) is 18.4 Å². The number of halogens is 2. The SMILES string of the molecule is OC1(Cc2cccc(F)c2Br)CCCOC1. The van der Waals surface area contributed by atoms with Crippen LogP contribution in [0.5, 0.6) is 0 Å². The first-order chi connectivity index (χ1) is 7.61. The van der Waals surface area contributed by atoms with Gasteiger partial charge in [0.15, 0.2) is 0 Å². The fourth-order valence-corrected chi connectivity index (χ4v) is 2.42. The highest BCUT2D eigenvalue weighted by Gasteiger charge is 2.31. The zero-order chi connectivity index (χ0) is 11.6. The van der Waals surface area contributed by atoms with E-state index in [1.54, 1.807) is 6.07 Å². The molecular formula is C12H14BrFO2. The second-order valence-electron chi connectivity index (χ2n) is 4.27. The first-order valence-corrected chi connectivity index (χ1v) is 6.13. The standard InChI is InChI=1S/C12H14BrFO2/c13-11-9(3-1-4-10(11)14)7-12(15)5-2-6-16-8-12/h1,3-4,15H,2,5-8H2. The van der Waals surface area contributed by atoms with Crippen molar-refractivity contribution < 1.29 is 14.2 Å². The van der Waals surface area contributed by atoms with Gasteiger partial charge in [0, 0.05) is 13.0 Å². The van der Waals surface area contributed by atoms with Crippen molar-refractivity contribution in [2.75, 3.05) is 13.2 Å². The number of rotatable bonds is 2. The lowest BCUT2D eigenvalue weighted by Crippen LogP contribution is -2.40. The molecule has 1 aromatic carbocycles. The Kier molecular flexibility index (Phi) is 3.62. The zero-order valence-corrected chi connectivity index (χ0v) is 10.5. The Balaban J connectivity index is 2.16. The van der Waals surface area contributed by atoms with Gasteiger partial charge in [-0.1, -0.05) is 12.1 Å². The summed E-state index contributed by atoms with van der Waals surface area (Å²) in [4.78, 5) is 0. The molecule has 0 amide bonds. The van der Waals surface area contributed by atoms with E-state index in [-0.39, 0.29) is 5.82 Å². The van der Waals surface area contributed by atoms with E-state index in [1.165, 1.54) is 6.07 Å². The monoisotopic (exact) mass is 288 g/mol. The Labute approximate surface area is 103 Å². The van der Waals surface area contributed by atoms with Crippen LogP contribution in [-0.4, -0.2) is 23.9 Å². The largest absolute Gasteiger partial charge is 0.387 e. The third kappa shape index (κ3) is 2.62. The van der Waals surface area contributed by atoms with Gasteiger partial charge in [0.25, 0.3) is 0 Å². The molecule has 2 nitrogen and oxygen atoms in total.